The van der Waals surface area contributed by atoms with Gasteiger partial charge in [-0.05, 0) is 56.2 Å². The van der Waals surface area contributed by atoms with Gasteiger partial charge in [-0.1, -0.05) is 31.0 Å². The van der Waals surface area contributed by atoms with E-state index in [1.807, 2.05) is 12.1 Å². The molecule has 1 saturated heterocycles. The standard InChI is InChI=1S/C29H35N5O5S/c1-21-20-39-18-16-34(21)26-19-25(29(13-5-6-14-29)40(37,38)24-7-3-2-4-8-24)32-27(33-26)22-9-11-23(12-10-22)31-28(36)30-15-17-35/h2-4,7-12,19,21,35H,5-6,13-18,20H2,1H3,(H2,30,31,36)/t21-/m0/s1. The number of morpholine rings is 1. The van der Waals surface area contributed by atoms with Gasteiger partial charge in [-0.25, -0.2) is 23.2 Å². The molecule has 1 aliphatic carbocycles. The highest BCUT2D eigenvalue weighted by atomic mass is 32.2. The Morgan fingerprint density at radius 2 is 1.82 bits per heavy atom. The van der Waals surface area contributed by atoms with E-state index in [1.165, 1.54) is 0 Å². The van der Waals surface area contributed by atoms with E-state index >= 15 is 0 Å². The second-order valence-corrected chi connectivity index (χ2v) is 12.5. The van der Waals surface area contributed by atoms with Crippen molar-refractivity contribution in [3.8, 4) is 11.4 Å². The van der Waals surface area contributed by atoms with E-state index in [0.717, 1.165) is 12.8 Å². The number of ether oxygens (including phenoxy) is 1. The third-order valence-corrected chi connectivity index (χ3v) is 10.2. The predicted octanol–water partition coefficient (Wildman–Crippen LogP) is 3.73. The first-order valence-electron chi connectivity index (χ1n) is 13.6. The first kappa shape index (κ1) is 28.0. The molecule has 1 saturated carbocycles. The number of anilines is 2. The van der Waals surface area contributed by atoms with Gasteiger partial charge in [0.15, 0.2) is 15.7 Å². The number of hydrogen-bond donors (Lipinski definition) is 3. The zero-order chi connectivity index (χ0) is 28.2. The van der Waals surface area contributed by atoms with E-state index in [1.54, 1.807) is 48.5 Å². The van der Waals surface area contributed by atoms with Crippen molar-refractivity contribution in [1.29, 1.82) is 0 Å². The fraction of sp³-hybridized carbons (Fsp3) is 0.414. The van der Waals surface area contributed by atoms with E-state index in [0.29, 0.717) is 66.1 Å². The molecule has 40 heavy (non-hydrogen) atoms. The predicted molar refractivity (Wildman–Crippen MR) is 153 cm³/mol. The van der Waals surface area contributed by atoms with Crippen molar-refractivity contribution in [1.82, 2.24) is 15.3 Å². The Labute approximate surface area is 234 Å². The first-order valence-corrected chi connectivity index (χ1v) is 15.1. The third kappa shape index (κ3) is 5.54. The second-order valence-electron chi connectivity index (χ2n) is 10.3. The van der Waals surface area contributed by atoms with Crippen LogP contribution in [0.15, 0.2) is 65.6 Å². The molecule has 1 aliphatic heterocycles. The highest BCUT2D eigenvalue weighted by Crippen LogP contribution is 2.48. The fourth-order valence-electron chi connectivity index (χ4n) is 5.49. The summed E-state index contributed by atoms with van der Waals surface area (Å²) in [7, 11) is -3.75. The Hall–Kier alpha value is -3.54. The van der Waals surface area contributed by atoms with E-state index in [4.69, 9.17) is 19.8 Å². The van der Waals surface area contributed by atoms with E-state index in [-0.39, 0.29) is 19.2 Å². The van der Waals surface area contributed by atoms with Gasteiger partial charge >= 0.3 is 6.03 Å². The molecule has 2 amide bonds. The molecule has 0 radical (unpaired) electrons. The molecule has 1 aromatic heterocycles. The van der Waals surface area contributed by atoms with Crippen LogP contribution in [0.25, 0.3) is 11.4 Å². The van der Waals surface area contributed by atoms with Gasteiger partial charge in [0.25, 0.3) is 0 Å². The van der Waals surface area contributed by atoms with Gasteiger partial charge in [-0.15, -0.1) is 0 Å². The number of hydrogen-bond acceptors (Lipinski definition) is 8. The van der Waals surface area contributed by atoms with Gasteiger partial charge in [0.1, 0.15) is 10.6 Å². The van der Waals surface area contributed by atoms with Crippen LogP contribution in [0.2, 0.25) is 0 Å². The molecule has 0 unspecified atom stereocenters. The van der Waals surface area contributed by atoms with Crippen molar-refractivity contribution in [2.24, 2.45) is 0 Å². The normalized spacial score (nSPS) is 18.9. The highest BCUT2D eigenvalue weighted by Gasteiger charge is 2.50. The number of aromatic nitrogens is 2. The summed E-state index contributed by atoms with van der Waals surface area (Å²) in [6.07, 6.45) is 2.58. The summed E-state index contributed by atoms with van der Waals surface area (Å²) in [6, 6.07) is 17.2. The first-order chi connectivity index (χ1) is 19.3. The zero-order valence-corrected chi connectivity index (χ0v) is 23.4. The van der Waals surface area contributed by atoms with Crippen molar-refractivity contribution in [2.45, 2.75) is 48.3 Å². The number of nitrogens with one attached hydrogen (secondary N) is 2. The molecule has 5 rings (SSSR count). The molecule has 2 aromatic carbocycles. The largest absolute Gasteiger partial charge is 0.395 e. The van der Waals surface area contributed by atoms with Crippen LogP contribution < -0.4 is 15.5 Å². The molecule has 0 bridgehead atoms. The maximum absolute atomic E-state index is 14.2. The van der Waals surface area contributed by atoms with Crippen molar-refractivity contribution < 1.29 is 23.1 Å². The lowest BCUT2D eigenvalue weighted by atomic mass is 10.0. The lowest BCUT2D eigenvalue weighted by Gasteiger charge is -2.36. The van der Waals surface area contributed by atoms with Gasteiger partial charge in [0, 0.05) is 30.4 Å². The number of carbonyl (C=O) groups excluding carboxylic acids is 1. The van der Waals surface area contributed by atoms with Crippen LogP contribution in [0.3, 0.4) is 0 Å². The number of nitrogens with zero attached hydrogens (tertiary/aromatic N) is 3. The number of aliphatic hydroxyl groups excluding tert-OH is 1. The average Bonchev–Trinajstić information content (AvgIpc) is 3.49. The molecule has 11 heteroatoms. The van der Waals surface area contributed by atoms with Gasteiger partial charge in [-0.3, -0.25) is 0 Å². The molecular formula is C29H35N5O5S. The molecule has 2 fully saturated rings. The van der Waals surface area contributed by atoms with E-state index in [9.17, 15) is 13.2 Å². The maximum atomic E-state index is 14.2. The smallest absolute Gasteiger partial charge is 0.319 e. The topological polar surface area (TPSA) is 134 Å². The number of benzene rings is 2. The van der Waals surface area contributed by atoms with E-state index in [2.05, 4.69) is 22.5 Å². The molecule has 10 nitrogen and oxygen atoms in total. The minimum absolute atomic E-state index is 0.0682. The summed E-state index contributed by atoms with van der Waals surface area (Å²) in [6.45, 7) is 3.83. The lowest BCUT2D eigenvalue weighted by Crippen LogP contribution is -2.44. The summed E-state index contributed by atoms with van der Waals surface area (Å²) < 4.78 is 32.9. The van der Waals surface area contributed by atoms with Crippen molar-refractivity contribution in [3.63, 3.8) is 0 Å². The Morgan fingerprint density at radius 1 is 1.10 bits per heavy atom. The maximum Gasteiger partial charge on any atom is 0.319 e. The van der Waals surface area contributed by atoms with Gasteiger partial charge in [-0.2, -0.15) is 0 Å². The average molecular weight is 566 g/mol. The number of sulfone groups is 1. The Balaban J connectivity index is 1.58. The van der Waals surface area contributed by atoms with Gasteiger partial charge in [0.05, 0.1) is 36.5 Å². The summed E-state index contributed by atoms with van der Waals surface area (Å²) in [5.41, 5.74) is 1.78. The van der Waals surface area contributed by atoms with Crippen LogP contribution in [0.5, 0.6) is 0 Å². The third-order valence-electron chi connectivity index (χ3n) is 7.62. The summed E-state index contributed by atoms with van der Waals surface area (Å²) >= 11 is 0. The second kappa shape index (κ2) is 11.9. The van der Waals surface area contributed by atoms with Crippen molar-refractivity contribution >= 4 is 27.4 Å². The molecule has 2 heterocycles. The SMILES string of the molecule is C[C@H]1COCCN1c1cc(C2(S(=O)(=O)c3ccccc3)CCCC2)nc(-c2ccc(NC(=O)NCCO)cc2)n1. The Bertz CT molecular complexity index is 1430. The van der Waals surface area contributed by atoms with Crippen LogP contribution in [0, 0.1) is 0 Å². The van der Waals surface area contributed by atoms with Crippen LogP contribution in [-0.4, -0.2) is 68.5 Å². The minimum Gasteiger partial charge on any atom is -0.395 e. The molecule has 2 aliphatic rings. The molecule has 0 spiro atoms. The highest BCUT2D eigenvalue weighted by molar-refractivity contribution is 7.92. The van der Waals surface area contributed by atoms with Crippen LogP contribution in [0.1, 0.15) is 38.3 Å². The molecule has 3 N–H and O–H groups in total. The van der Waals surface area contributed by atoms with Crippen LogP contribution in [0.4, 0.5) is 16.3 Å². The Kier molecular flexibility index (Phi) is 8.34. The summed E-state index contributed by atoms with van der Waals surface area (Å²) in [5.74, 6) is 1.10. The van der Waals surface area contributed by atoms with Crippen molar-refractivity contribution in [2.75, 3.05) is 43.1 Å². The van der Waals surface area contributed by atoms with Gasteiger partial charge < -0.3 is 25.4 Å². The lowest BCUT2D eigenvalue weighted by molar-refractivity contribution is 0.0985. The fourth-order valence-corrected chi connectivity index (χ4v) is 7.67. The Morgan fingerprint density at radius 3 is 2.50 bits per heavy atom. The number of carbonyl (C=O) groups is 1. The number of rotatable bonds is 8. The van der Waals surface area contributed by atoms with E-state index < -0.39 is 20.6 Å². The van der Waals surface area contributed by atoms with Gasteiger partial charge in [0.2, 0.25) is 0 Å². The summed E-state index contributed by atoms with van der Waals surface area (Å²) in [5, 5.41) is 14.2. The molecule has 1 atom stereocenters. The monoisotopic (exact) mass is 565 g/mol. The molecular weight excluding hydrogens is 530 g/mol. The quantitative estimate of drug-likeness (QED) is 0.376. The minimum atomic E-state index is -3.75. The zero-order valence-electron chi connectivity index (χ0n) is 22.5. The number of amides is 2. The number of urea groups is 1. The molecule has 212 valence electrons. The summed E-state index contributed by atoms with van der Waals surface area (Å²) in [4.78, 5) is 24.3. The van der Waals surface area contributed by atoms with Crippen LogP contribution in [-0.2, 0) is 19.3 Å². The van der Waals surface area contributed by atoms with Crippen LogP contribution >= 0.6 is 0 Å². The van der Waals surface area contributed by atoms with Crippen molar-refractivity contribution in [3.05, 3.63) is 66.4 Å². The number of aliphatic hydroxyl groups is 1. The molecule has 3 aromatic rings.